The number of rotatable bonds is 5. The third kappa shape index (κ3) is 4.03. The van der Waals surface area contributed by atoms with Crippen molar-refractivity contribution in [3.63, 3.8) is 0 Å². The highest BCUT2D eigenvalue weighted by Gasteiger charge is 2.31. The molecule has 2 amide bonds. The fraction of sp³-hybridized carbons (Fsp3) is 0.600. The predicted octanol–water partition coefficient (Wildman–Crippen LogP) is 2.78. The molecule has 1 saturated heterocycles. The van der Waals surface area contributed by atoms with Gasteiger partial charge in [-0.05, 0) is 50.3 Å². The molecule has 5 nitrogen and oxygen atoms in total. The van der Waals surface area contributed by atoms with Crippen LogP contribution in [0.2, 0.25) is 0 Å². The van der Waals surface area contributed by atoms with Crippen LogP contribution in [0.1, 0.15) is 55.3 Å². The molecule has 1 atom stereocenters. The normalized spacial score (nSPS) is 24.4. The van der Waals surface area contributed by atoms with Gasteiger partial charge in [0.05, 0.1) is 0 Å². The molecule has 0 radical (unpaired) electrons. The van der Waals surface area contributed by atoms with Crippen LogP contribution in [0.15, 0.2) is 24.3 Å². The molecule has 2 N–H and O–H groups in total. The Bertz CT molecular complexity index is 650. The Kier molecular flexibility index (Phi) is 4.75. The van der Waals surface area contributed by atoms with Gasteiger partial charge in [-0.25, -0.2) is 0 Å². The van der Waals surface area contributed by atoms with E-state index in [0.717, 1.165) is 38.4 Å². The third-order valence-corrected chi connectivity index (χ3v) is 5.74. The van der Waals surface area contributed by atoms with Gasteiger partial charge in [0, 0.05) is 42.3 Å². The zero-order valence-corrected chi connectivity index (χ0v) is 14.7. The molecule has 0 spiro atoms. The molecule has 25 heavy (non-hydrogen) atoms. The zero-order chi connectivity index (χ0) is 17.2. The van der Waals surface area contributed by atoms with E-state index in [1.165, 1.54) is 25.7 Å². The minimum atomic E-state index is -0.0409. The van der Waals surface area contributed by atoms with Crippen molar-refractivity contribution in [1.29, 1.82) is 0 Å². The van der Waals surface area contributed by atoms with Gasteiger partial charge < -0.3 is 10.6 Å². The highest BCUT2D eigenvalue weighted by atomic mass is 16.2. The predicted molar refractivity (Wildman–Crippen MR) is 97.5 cm³/mol. The molecule has 0 bridgehead atoms. The Morgan fingerprint density at radius 2 is 1.84 bits per heavy atom. The number of anilines is 1. The van der Waals surface area contributed by atoms with Crippen LogP contribution < -0.4 is 10.6 Å². The van der Waals surface area contributed by atoms with Crippen LogP contribution >= 0.6 is 0 Å². The molecule has 1 aliphatic heterocycles. The van der Waals surface area contributed by atoms with Gasteiger partial charge in [0.2, 0.25) is 5.91 Å². The number of amides is 2. The van der Waals surface area contributed by atoms with Crippen molar-refractivity contribution in [2.45, 2.75) is 57.0 Å². The van der Waals surface area contributed by atoms with Crippen LogP contribution in [0, 0.1) is 5.92 Å². The van der Waals surface area contributed by atoms with Gasteiger partial charge in [-0.15, -0.1) is 0 Å². The summed E-state index contributed by atoms with van der Waals surface area (Å²) < 4.78 is 0. The molecule has 0 aromatic heterocycles. The Morgan fingerprint density at radius 1 is 1.04 bits per heavy atom. The summed E-state index contributed by atoms with van der Waals surface area (Å²) >= 11 is 0. The van der Waals surface area contributed by atoms with Crippen molar-refractivity contribution in [1.82, 2.24) is 10.2 Å². The van der Waals surface area contributed by atoms with E-state index in [0.29, 0.717) is 11.3 Å². The van der Waals surface area contributed by atoms with Crippen molar-refractivity contribution >= 4 is 17.5 Å². The van der Waals surface area contributed by atoms with Gasteiger partial charge in [-0.1, -0.05) is 18.9 Å². The molecule has 3 aliphatic rings. The molecule has 2 aliphatic carbocycles. The lowest BCUT2D eigenvalue weighted by atomic mass is 10.1. The first-order valence-electron chi connectivity index (χ1n) is 9.65. The lowest BCUT2D eigenvalue weighted by Crippen LogP contribution is -2.39. The van der Waals surface area contributed by atoms with Gasteiger partial charge in [0.15, 0.2) is 0 Å². The first kappa shape index (κ1) is 16.6. The lowest BCUT2D eigenvalue weighted by molar-refractivity contribution is -0.117. The Balaban J connectivity index is 1.32. The monoisotopic (exact) mass is 341 g/mol. The van der Waals surface area contributed by atoms with E-state index >= 15 is 0 Å². The zero-order valence-electron chi connectivity index (χ0n) is 14.7. The molecule has 1 unspecified atom stereocenters. The number of likely N-dealkylation sites (tertiary alicyclic amines) is 1. The van der Waals surface area contributed by atoms with Crippen molar-refractivity contribution in [2.75, 3.05) is 18.4 Å². The van der Waals surface area contributed by atoms with E-state index in [2.05, 4.69) is 15.5 Å². The van der Waals surface area contributed by atoms with E-state index in [1.54, 1.807) is 6.07 Å². The van der Waals surface area contributed by atoms with Crippen LogP contribution in [-0.2, 0) is 4.79 Å². The Labute approximate surface area is 149 Å². The molecule has 4 rings (SSSR count). The maximum absolute atomic E-state index is 12.6. The average molecular weight is 341 g/mol. The highest BCUT2D eigenvalue weighted by molar-refractivity contribution is 5.98. The maximum atomic E-state index is 12.6. The second-order valence-corrected chi connectivity index (χ2v) is 7.74. The fourth-order valence-electron chi connectivity index (χ4n) is 4.10. The average Bonchev–Trinajstić information content (AvgIpc) is 3.13. The summed E-state index contributed by atoms with van der Waals surface area (Å²) in [5, 5.41) is 6.08. The molecule has 134 valence electrons. The van der Waals surface area contributed by atoms with Gasteiger partial charge >= 0.3 is 0 Å². The van der Waals surface area contributed by atoms with Crippen LogP contribution in [0.4, 0.5) is 5.69 Å². The number of carbonyl (C=O) groups is 2. The topological polar surface area (TPSA) is 61.4 Å². The second kappa shape index (κ2) is 7.16. The number of hydrogen-bond acceptors (Lipinski definition) is 3. The number of nitrogens with zero attached hydrogens (tertiary/aromatic N) is 1. The molecule has 2 saturated carbocycles. The summed E-state index contributed by atoms with van der Waals surface area (Å²) in [6.07, 6.45) is 8.29. The van der Waals surface area contributed by atoms with Gasteiger partial charge in [-0.2, -0.15) is 0 Å². The summed E-state index contributed by atoms with van der Waals surface area (Å²) in [4.78, 5) is 27.0. The van der Waals surface area contributed by atoms with E-state index in [4.69, 9.17) is 0 Å². The smallest absolute Gasteiger partial charge is 0.251 e. The second-order valence-electron chi connectivity index (χ2n) is 7.74. The minimum absolute atomic E-state index is 0.0409. The summed E-state index contributed by atoms with van der Waals surface area (Å²) in [5.74, 6) is 0.193. The van der Waals surface area contributed by atoms with Gasteiger partial charge in [-0.3, -0.25) is 14.5 Å². The number of nitrogens with one attached hydrogen (secondary N) is 2. The highest BCUT2D eigenvalue weighted by Crippen LogP contribution is 2.30. The van der Waals surface area contributed by atoms with E-state index in [9.17, 15) is 9.59 Å². The van der Waals surface area contributed by atoms with Gasteiger partial charge in [0.25, 0.3) is 5.91 Å². The number of hydrogen-bond donors (Lipinski definition) is 2. The molecule has 5 heteroatoms. The van der Waals surface area contributed by atoms with Crippen LogP contribution in [0.25, 0.3) is 0 Å². The number of benzene rings is 1. The third-order valence-electron chi connectivity index (χ3n) is 5.74. The van der Waals surface area contributed by atoms with Crippen LogP contribution in [0.3, 0.4) is 0 Å². The number of carbonyl (C=O) groups excluding carboxylic acids is 2. The minimum Gasteiger partial charge on any atom is -0.348 e. The van der Waals surface area contributed by atoms with Crippen molar-refractivity contribution in [2.24, 2.45) is 5.92 Å². The first-order chi connectivity index (χ1) is 12.2. The van der Waals surface area contributed by atoms with Crippen molar-refractivity contribution < 1.29 is 9.59 Å². The molecule has 1 aromatic rings. The SMILES string of the molecule is O=C(NC1CCN(C2CCCC2)C1)c1cccc(NC(=O)C2CC2)c1. The molecular formula is C20H27N3O2. The summed E-state index contributed by atoms with van der Waals surface area (Å²) in [6, 6.07) is 8.22. The van der Waals surface area contributed by atoms with E-state index in [-0.39, 0.29) is 23.8 Å². The van der Waals surface area contributed by atoms with Crippen LogP contribution in [0.5, 0.6) is 0 Å². The Hall–Kier alpha value is -1.88. The van der Waals surface area contributed by atoms with Crippen LogP contribution in [-0.4, -0.2) is 41.9 Å². The summed E-state index contributed by atoms with van der Waals surface area (Å²) in [7, 11) is 0. The summed E-state index contributed by atoms with van der Waals surface area (Å²) in [6.45, 7) is 2.06. The first-order valence-corrected chi connectivity index (χ1v) is 9.65. The van der Waals surface area contributed by atoms with E-state index in [1.807, 2.05) is 18.2 Å². The molecule has 3 fully saturated rings. The largest absolute Gasteiger partial charge is 0.348 e. The van der Waals surface area contributed by atoms with Crippen molar-refractivity contribution in [3.8, 4) is 0 Å². The standard InChI is InChI=1S/C20H27N3O2/c24-19(14-8-9-14)21-16-5-3-4-15(12-16)20(25)22-17-10-11-23(13-17)18-6-1-2-7-18/h3-5,12,14,17-18H,1-2,6-11,13H2,(H,21,24)(H,22,25). The Morgan fingerprint density at radius 3 is 2.60 bits per heavy atom. The van der Waals surface area contributed by atoms with Gasteiger partial charge in [0.1, 0.15) is 0 Å². The fourth-order valence-corrected chi connectivity index (χ4v) is 4.10. The lowest BCUT2D eigenvalue weighted by Gasteiger charge is -2.23. The quantitative estimate of drug-likeness (QED) is 0.866. The molecular weight excluding hydrogens is 314 g/mol. The maximum Gasteiger partial charge on any atom is 0.251 e. The summed E-state index contributed by atoms with van der Waals surface area (Å²) in [5.41, 5.74) is 1.33. The van der Waals surface area contributed by atoms with E-state index < -0.39 is 0 Å². The molecule has 1 heterocycles. The van der Waals surface area contributed by atoms with Crippen molar-refractivity contribution in [3.05, 3.63) is 29.8 Å². The molecule has 1 aromatic carbocycles.